The standard InChI is InChI=1S/C25H35N5O2/c1-4-32-24-8-6-5-7-21(24)27-25(31)26-18-23(30-15-13-28(2)14-16-30)19-9-10-22-20(17-19)11-12-29(22)3/h5-10,17,23H,4,11-16,18H2,1-3H3,(H2,26,27,31)/t23-/m0/s1. The van der Waals surface area contributed by atoms with E-state index in [1.165, 1.54) is 16.8 Å². The number of nitrogens with zero attached hydrogens (tertiary/aromatic N) is 3. The van der Waals surface area contributed by atoms with Gasteiger partial charge in [0.25, 0.3) is 0 Å². The van der Waals surface area contributed by atoms with E-state index in [-0.39, 0.29) is 12.1 Å². The molecule has 7 nitrogen and oxygen atoms in total. The lowest BCUT2D eigenvalue weighted by Gasteiger charge is -2.38. The van der Waals surface area contributed by atoms with Crippen molar-refractivity contribution in [3.63, 3.8) is 0 Å². The van der Waals surface area contributed by atoms with Crippen molar-refractivity contribution in [1.82, 2.24) is 15.1 Å². The van der Waals surface area contributed by atoms with Crippen molar-refractivity contribution in [1.29, 1.82) is 0 Å². The summed E-state index contributed by atoms with van der Waals surface area (Å²) in [5.74, 6) is 0.684. The average Bonchev–Trinajstić information content (AvgIpc) is 3.17. The van der Waals surface area contributed by atoms with E-state index in [1.807, 2.05) is 31.2 Å². The van der Waals surface area contributed by atoms with Gasteiger partial charge in [0.05, 0.1) is 18.3 Å². The predicted octanol–water partition coefficient (Wildman–Crippen LogP) is 3.19. The molecule has 0 bridgehead atoms. The van der Waals surface area contributed by atoms with Crippen LogP contribution in [0.1, 0.15) is 24.1 Å². The maximum Gasteiger partial charge on any atom is 0.319 e. The van der Waals surface area contributed by atoms with Gasteiger partial charge in [-0.15, -0.1) is 0 Å². The molecule has 0 radical (unpaired) electrons. The van der Waals surface area contributed by atoms with Gasteiger partial charge < -0.3 is 25.2 Å². The Morgan fingerprint density at radius 2 is 1.84 bits per heavy atom. The zero-order valence-corrected chi connectivity index (χ0v) is 19.4. The lowest BCUT2D eigenvalue weighted by molar-refractivity contribution is 0.111. The Labute approximate surface area is 191 Å². The van der Waals surface area contributed by atoms with Crippen LogP contribution in [0, 0.1) is 0 Å². The van der Waals surface area contributed by atoms with Crippen LogP contribution in [0.4, 0.5) is 16.2 Å². The van der Waals surface area contributed by atoms with Crippen LogP contribution in [0.25, 0.3) is 0 Å². The molecule has 1 atom stereocenters. The molecule has 2 aromatic carbocycles. The summed E-state index contributed by atoms with van der Waals surface area (Å²) >= 11 is 0. The third kappa shape index (κ3) is 5.16. The molecule has 2 aliphatic rings. The van der Waals surface area contributed by atoms with Crippen molar-refractivity contribution >= 4 is 17.4 Å². The summed E-state index contributed by atoms with van der Waals surface area (Å²) in [7, 11) is 4.31. The Balaban J connectivity index is 1.47. The third-order valence-corrected chi connectivity index (χ3v) is 6.49. The van der Waals surface area contributed by atoms with Crippen LogP contribution in [0.2, 0.25) is 0 Å². The van der Waals surface area contributed by atoms with Crippen LogP contribution >= 0.6 is 0 Å². The fraction of sp³-hybridized carbons (Fsp3) is 0.480. The number of carbonyl (C=O) groups excluding carboxylic acids is 1. The van der Waals surface area contributed by atoms with E-state index in [9.17, 15) is 4.79 Å². The van der Waals surface area contributed by atoms with Crippen LogP contribution in [-0.2, 0) is 6.42 Å². The lowest BCUT2D eigenvalue weighted by atomic mass is 10.00. The molecule has 0 unspecified atom stereocenters. The molecule has 2 amide bonds. The second-order valence-electron chi connectivity index (χ2n) is 8.68. The number of piperazine rings is 1. The van der Waals surface area contributed by atoms with E-state index in [2.05, 4.69) is 57.6 Å². The second-order valence-corrected chi connectivity index (χ2v) is 8.68. The third-order valence-electron chi connectivity index (χ3n) is 6.49. The summed E-state index contributed by atoms with van der Waals surface area (Å²) < 4.78 is 5.63. The monoisotopic (exact) mass is 437 g/mol. The van der Waals surface area contributed by atoms with Gasteiger partial charge >= 0.3 is 6.03 Å². The van der Waals surface area contributed by atoms with Gasteiger partial charge in [-0.25, -0.2) is 4.79 Å². The molecule has 0 aliphatic carbocycles. The first-order valence-electron chi connectivity index (χ1n) is 11.6. The van der Waals surface area contributed by atoms with E-state index in [0.717, 1.165) is 39.1 Å². The zero-order valence-electron chi connectivity index (χ0n) is 19.4. The number of amides is 2. The summed E-state index contributed by atoms with van der Waals surface area (Å²) in [4.78, 5) is 19.9. The van der Waals surface area contributed by atoms with E-state index in [1.54, 1.807) is 0 Å². The molecule has 2 N–H and O–H groups in total. The van der Waals surface area contributed by atoms with Gasteiger partial charge in [0.1, 0.15) is 5.75 Å². The topological polar surface area (TPSA) is 60.1 Å². The first-order chi connectivity index (χ1) is 15.5. The highest BCUT2D eigenvalue weighted by Crippen LogP contribution is 2.31. The van der Waals surface area contributed by atoms with Crippen molar-refractivity contribution in [3.8, 4) is 5.75 Å². The highest BCUT2D eigenvalue weighted by Gasteiger charge is 2.26. The first-order valence-corrected chi connectivity index (χ1v) is 11.6. The number of fused-ring (bicyclic) bond motifs is 1. The van der Waals surface area contributed by atoms with Gasteiger partial charge in [0.15, 0.2) is 0 Å². The van der Waals surface area contributed by atoms with Crippen LogP contribution in [0.5, 0.6) is 5.75 Å². The highest BCUT2D eigenvalue weighted by molar-refractivity contribution is 5.90. The van der Waals surface area contributed by atoms with Gasteiger partial charge in [-0.05, 0) is 49.7 Å². The quantitative estimate of drug-likeness (QED) is 0.697. The lowest BCUT2D eigenvalue weighted by Crippen LogP contribution is -2.48. The normalized spacial score (nSPS) is 17.7. The highest BCUT2D eigenvalue weighted by atomic mass is 16.5. The van der Waals surface area contributed by atoms with Crippen LogP contribution in [-0.4, -0.2) is 75.8 Å². The molecule has 1 fully saturated rings. The Morgan fingerprint density at radius 3 is 2.62 bits per heavy atom. The average molecular weight is 438 g/mol. The van der Waals surface area contributed by atoms with Crippen molar-refractivity contribution in [2.45, 2.75) is 19.4 Å². The Morgan fingerprint density at radius 1 is 1.06 bits per heavy atom. The largest absolute Gasteiger partial charge is 0.492 e. The van der Waals surface area contributed by atoms with Crippen molar-refractivity contribution in [2.75, 3.05) is 70.2 Å². The van der Waals surface area contributed by atoms with E-state index in [0.29, 0.717) is 24.6 Å². The molecule has 172 valence electrons. The minimum atomic E-state index is -0.211. The molecule has 0 saturated carbocycles. The fourth-order valence-electron chi connectivity index (χ4n) is 4.59. The van der Waals surface area contributed by atoms with Gasteiger partial charge in [-0.2, -0.15) is 0 Å². The van der Waals surface area contributed by atoms with Gasteiger partial charge in [-0.3, -0.25) is 4.90 Å². The number of hydrogen-bond donors (Lipinski definition) is 2. The minimum Gasteiger partial charge on any atom is -0.492 e. The molecule has 2 aromatic rings. The first kappa shape index (κ1) is 22.4. The summed E-state index contributed by atoms with van der Waals surface area (Å²) in [6.45, 7) is 8.18. The molecule has 4 rings (SSSR count). The van der Waals surface area contributed by atoms with Crippen LogP contribution in [0.3, 0.4) is 0 Å². The minimum absolute atomic E-state index is 0.146. The Kier molecular flexibility index (Phi) is 7.17. The van der Waals surface area contributed by atoms with Crippen molar-refractivity contribution in [2.24, 2.45) is 0 Å². The SMILES string of the molecule is CCOc1ccccc1NC(=O)NC[C@@H](c1ccc2c(c1)CCN2C)N1CCN(C)CC1. The fourth-order valence-corrected chi connectivity index (χ4v) is 4.59. The molecule has 0 aromatic heterocycles. The summed E-state index contributed by atoms with van der Waals surface area (Å²) in [5, 5.41) is 6.06. The summed E-state index contributed by atoms with van der Waals surface area (Å²) in [6, 6.07) is 14.3. The Bertz CT molecular complexity index is 926. The van der Waals surface area contributed by atoms with E-state index < -0.39 is 0 Å². The summed E-state index contributed by atoms with van der Waals surface area (Å²) in [6.07, 6.45) is 1.08. The number of carbonyl (C=O) groups is 1. The predicted molar refractivity (Wildman–Crippen MR) is 130 cm³/mol. The number of likely N-dealkylation sites (N-methyl/N-ethyl adjacent to an activating group) is 2. The number of anilines is 2. The molecular formula is C25H35N5O2. The maximum atomic E-state index is 12.8. The molecule has 1 saturated heterocycles. The molecule has 32 heavy (non-hydrogen) atoms. The maximum absolute atomic E-state index is 12.8. The van der Waals surface area contributed by atoms with Crippen LogP contribution < -0.4 is 20.3 Å². The van der Waals surface area contributed by atoms with Crippen molar-refractivity contribution in [3.05, 3.63) is 53.6 Å². The molecule has 7 heteroatoms. The second kappa shape index (κ2) is 10.2. The molecule has 2 heterocycles. The number of rotatable bonds is 7. The van der Waals surface area contributed by atoms with Crippen molar-refractivity contribution < 1.29 is 9.53 Å². The molecule has 2 aliphatic heterocycles. The smallest absolute Gasteiger partial charge is 0.319 e. The number of urea groups is 1. The molecule has 0 spiro atoms. The number of hydrogen-bond acceptors (Lipinski definition) is 5. The number of benzene rings is 2. The zero-order chi connectivity index (χ0) is 22.5. The van der Waals surface area contributed by atoms with Crippen LogP contribution in [0.15, 0.2) is 42.5 Å². The summed E-state index contributed by atoms with van der Waals surface area (Å²) in [5.41, 5.74) is 4.69. The van der Waals surface area contributed by atoms with E-state index >= 15 is 0 Å². The molecular weight excluding hydrogens is 402 g/mol. The number of para-hydroxylation sites is 2. The number of ether oxygens (including phenoxy) is 1. The van der Waals surface area contributed by atoms with Gasteiger partial charge in [0, 0.05) is 52.0 Å². The van der Waals surface area contributed by atoms with E-state index in [4.69, 9.17) is 4.74 Å². The van der Waals surface area contributed by atoms with Gasteiger partial charge in [0.2, 0.25) is 0 Å². The number of nitrogens with one attached hydrogen (secondary N) is 2. The van der Waals surface area contributed by atoms with Gasteiger partial charge in [-0.1, -0.05) is 24.3 Å². The Hall–Kier alpha value is -2.77.